The fourth-order valence-corrected chi connectivity index (χ4v) is 3.83. The van der Waals surface area contributed by atoms with Crippen LogP contribution < -0.4 is 19.4 Å². The molecule has 0 bridgehead atoms. The minimum atomic E-state index is -0.396. The normalized spacial score (nSPS) is 14.7. The van der Waals surface area contributed by atoms with Gasteiger partial charge in [0.25, 0.3) is 5.91 Å². The molecule has 176 valence electrons. The van der Waals surface area contributed by atoms with E-state index in [2.05, 4.69) is 4.90 Å². The predicted octanol–water partition coefficient (Wildman–Crippen LogP) is 4.79. The summed E-state index contributed by atoms with van der Waals surface area (Å²) in [6.45, 7) is 4.27. The highest BCUT2D eigenvalue weighted by Gasteiger charge is 2.29. The Kier molecular flexibility index (Phi) is 7.13. The highest BCUT2D eigenvalue weighted by atomic mass is 16.7. The largest absolute Gasteiger partial charge is 0.484 e. The van der Waals surface area contributed by atoms with Crippen LogP contribution in [0.5, 0.6) is 11.5 Å². The number of esters is 1. The Bertz CT molecular complexity index is 1160. The number of likely N-dealkylation sites (N-methyl/N-ethyl adjacent to an activating group) is 1. The highest BCUT2D eigenvalue weighted by molar-refractivity contribution is 6.06. The van der Waals surface area contributed by atoms with Crippen molar-refractivity contribution in [2.45, 2.75) is 26.4 Å². The van der Waals surface area contributed by atoms with Crippen LogP contribution in [-0.4, -0.2) is 38.2 Å². The van der Waals surface area contributed by atoms with E-state index in [0.717, 1.165) is 17.0 Å². The van der Waals surface area contributed by atoms with Gasteiger partial charge in [-0.15, -0.1) is 0 Å². The molecule has 0 N–H and O–H groups in total. The number of amides is 1. The second-order valence-corrected chi connectivity index (χ2v) is 8.10. The van der Waals surface area contributed by atoms with E-state index in [9.17, 15) is 9.59 Å². The zero-order valence-corrected chi connectivity index (χ0v) is 19.6. The van der Waals surface area contributed by atoms with Crippen molar-refractivity contribution >= 4 is 23.3 Å². The minimum Gasteiger partial charge on any atom is -0.484 e. The molecule has 1 amide bonds. The molecule has 0 fully saturated rings. The van der Waals surface area contributed by atoms with Gasteiger partial charge < -0.3 is 14.4 Å². The first kappa shape index (κ1) is 23.3. The van der Waals surface area contributed by atoms with Gasteiger partial charge in [0.1, 0.15) is 24.1 Å². The Morgan fingerprint density at radius 1 is 1.03 bits per heavy atom. The molecule has 0 saturated carbocycles. The maximum Gasteiger partial charge on any atom is 0.310 e. The molecule has 0 unspecified atom stereocenters. The summed E-state index contributed by atoms with van der Waals surface area (Å²) in [5, 5.41) is 1.22. The van der Waals surface area contributed by atoms with Crippen LogP contribution in [0.3, 0.4) is 0 Å². The lowest BCUT2D eigenvalue weighted by molar-refractivity contribution is -0.134. The van der Waals surface area contributed by atoms with Crippen LogP contribution in [0.4, 0.5) is 11.4 Å². The fourth-order valence-electron chi connectivity index (χ4n) is 3.83. The lowest BCUT2D eigenvalue weighted by atomic mass is 10.1. The molecular formula is C27H28N2O5. The second kappa shape index (κ2) is 10.4. The summed E-state index contributed by atoms with van der Waals surface area (Å²) in [7, 11) is 1.99. The summed E-state index contributed by atoms with van der Waals surface area (Å²) in [4.78, 5) is 33.8. The molecule has 1 aliphatic rings. The van der Waals surface area contributed by atoms with Gasteiger partial charge in [0.2, 0.25) is 0 Å². The van der Waals surface area contributed by atoms with Gasteiger partial charge in [0, 0.05) is 19.0 Å². The van der Waals surface area contributed by atoms with E-state index >= 15 is 0 Å². The summed E-state index contributed by atoms with van der Waals surface area (Å²) >= 11 is 0. The van der Waals surface area contributed by atoms with E-state index in [1.165, 1.54) is 5.06 Å². The summed E-state index contributed by atoms with van der Waals surface area (Å²) in [5.41, 5.74) is 2.58. The zero-order chi connectivity index (χ0) is 24.1. The van der Waals surface area contributed by atoms with Gasteiger partial charge >= 0.3 is 5.97 Å². The molecule has 0 saturated heterocycles. The quantitative estimate of drug-likeness (QED) is 0.287. The molecule has 4 rings (SSSR count). The van der Waals surface area contributed by atoms with Crippen LogP contribution in [0, 0.1) is 6.92 Å². The molecule has 7 heteroatoms. The van der Waals surface area contributed by atoms with Gasteiger partial charge in [-0.1, -0.05) is 49.4 Å². The van der Waals surface area contributed by atoms with Crippen molar-refractivity contribution in [2.75, 3.05) is 30.2 Å². The van der Waals surface area contributed by atoms with Crippen LogP contribution in [0.2, 0.25) is 0 Å². The number of para-hydroxylation sites is 3. The molecule has 1 atom stereocenters. The summed E-state index contributed by atoms with van der Waals surface area (Å²) in [5.74, 6) is 0.267. The number of rotatable bonds is 7. The molecule has 0 aromatic heterocycles. The second-order valence-electron chi connectivity index (χ2n) is 8.10. The molecule has 3 aromatic rings. The Hall–Kier alpha value is -3.84. The third-order valence-electron chi connectivity index (χ3n) is 5.56. The van der Waals surface area contributed by atoms with Gasteiger partial charge in [0.05, 0.1) is 12.2 Å². The first-order chi connectivity index (χ1) is 16.5. The summed E-state index contributed by atoms with van der Waals surface area (Å²) in [6.07, 6.45) is -0.0978. The Balaban J connectivity index is 1.64. The van der Waals surface area contributed by atoms with E-state index in [-0.39, 0.29) is 30.8 Å². The van der Waals surface area contributed by atoms with E-state index < -0.39 is 5.97 Å². The number of benzene rings is 3. The average Bonchev–Trinajstić information content (AvgIpc) is 2.85. The number of hydrogen-bond acceptors (Lipinski definition) is 6. The number of carbonyl (C=O) groups excluding carboxylic acids is 2. The third-order valence-corrected chi connectivity index (χ3v) is 5.56. The standard InChI is InChI=1S/C27H28N2O5/c1-4-25(30)34-24-16-10-11-19(2)26(24)29(27(31)20-12-6-5-7-13-20)32-18-21-17-28(3)22-14-8-9-15-23(22)33-21/h5-16,21H,4,17-18H2,1-3H3/t21-/m0/s1. The number of nitrogens with zero attached hydrogens (tertiary/aromatic N) is 2. The zero-order valence-electron chi connectivity index (χ0n) is 19.6. The lowest BCUT2D eigenvalue weighted by Crippen LogP contribution is -2.43. The van der Waals surface area contributed by atoms with Crippen LogP contribution in [0.15, 0.2) is 72.8 Å². The lowest BCUT2D eigenvalue weighted by Gasteiger charge is -2.34. The Labute approximate surface area is 199 Å². The van der Waals surface area contributed by atoms with Crippen molar-refractivity contribution < 1.29 is 23.9 Å². The van der Waals surface area contributed by atoms with E-state index in [0.29, 0.717) is 17.8 Å². The predicted molar refractivity (Wildman–Crippen MR) is 130 cm³/mol. The van der Waals surface area contributed by atoms with Crippen LogP contribution in [0.1, 0.15) is 29.3 Å². The molecule has 7 nitrogen and oxygen atoms in total. The monoisotopic (exact) mass is 460 g/mol. The van der Waals surface area contributed by atoms with Crippen molar-refractivity contribution in [2.24, 2.45) is 0 Å². The molecule has 1 aliphatic heterocycles. The highest BCUT2D eigenvalue weighted by Crippen LogP contribution is 2.35. The van der Waals surface area contributed by atoms with Crippen LogP contribution in [-0.2, 0) is 9.63 Å². The van der Waals surface area contributed by atoms with Crippen molar-refractivity contribution in [3.63, 3.8) is 0 Å². The van der Waals surface area contributed by atoms with Gasteiger partial charge in [0.15, 0.2) is 5.75 Å². The van der Waals surface area contributed by atoms with Gasteiger partial charge in [-0.2, -0.15) is 5.06 Å². The maximum absolute atomic E-state index is 13.5. The van der Waals surface area contributed by atoms with Crippen molar-refractivity contribution in [3.8, 4) is 11.5 Å². The average molecular weight is 461 g/mol. The minimum absolute atomic E-state index is 0.118. The first-order valence-electron chi connectivity index (χ1n) is 11.3. The van der Waals surface area contributed by atoms with Gasteiger partial charge in [-0.25, -0.2) is 0 Å². The van der Waals surface area contributed by atoms with Crippen molar-refractivity contribution in [1.29, 1.82) is 0 Å². The molecule has 1 heterocycles. The SMILES string of the molecule is CCC(=O)Oc1cccc(C)c1N(OC[C@@H]1CN(C)c2ccccc2O1)C(=O)c1ccccc1. The number of fused-ring (bicyclic) bond motifs is 1. The number of hydrogen-bond donors (Lipinski definition) is 0. The van der Waals surface area contributed by atoms with Crippen LogP contribution >= 0.6 is 0 Å². The fraction of sp³-hybridized carbons (Fsp3) is 0.259. The number of aryl methyl sites for hydroxylation is 1. The first-order valence-corrected chi connectivity index (χ1v) is 11.3. The summed E-state index contributed by atoms with van der Waals surface area (Å²) in [6, 6.07) is 21.9. The van der Waals surface area contributed by atoms with Gasteiger partial charge in [-0.05, 0) is 42.8 Å². The number of ether oxygens (including phenoxy) is 2. The maximum atomic E-state index is 13.5. The molecule has 0 spiro atoms. The smallest absolute Gasteiger partial charge is 0.310 e. The number of hydroxylamine groups is 1. The van der Waals surface area contributed by atoms with Gasteiger partial charge in [-0.3, -0.25) is 14.4 Å². The van der Waals surface area contributed by atoms with Crippen molar-refractivity contribution in [3.05, 3.63) is 83.9 Å². The molecule has 0 aliphatic carbocycles. The molecule has 0 radical (unpaired) electrons. The Morgan fingerprint density at radius 2 is 1.76 bits per heavy atom. The molecule has 34 heavy (non-hydrogen) atoms. The van der Waals surface area contributed by atoms with Crippen LogP contribution in [0.25, 0.3) is 0 Å². The third kappa shape index (κ3) is 5.05. The van der Waals surface area contributed by atoms with E-state index in [4.69, 9.17) is 14.3 Å². The van der Waals surface area contributed by atoms with E-state index in [1.54, 1.807) is 43.3 Å². The topological polar surface area (TPSA) is 68.3 Å². The number of carbonyl (C=O) groups is 2. The van der Waals surface area contributed by atoms with E-state index in [1.807, 2.05) is 50.4 Å². The Morgan fingerprint density at radius 3 is 2.53 bits per heavy atom. The molecular weight excluding hydrogens is 432 g/mol. The molecule has 3 aromatic carbocycles. The van der Waals surface area contributed by atoms with Crippen molar-refractivity contribution in [1.82, 2.24) is 0 Å². The summed E-state index contributed by atoms with van der Waals surface area (Å²) < 4.78 is 11.7. The number of anilines is 2.